The number of nitrogens with zero attached hydrogens (tertiary/aromatic N) is 2. The molecule has 0 unspecified atom stereocenters. The van der Waals surface area contributed by atoms with Crippen LogP contribution in [0.25, 0.3) is 0 Å². The number of carbonyl (C=O) groups excluding carboxylic acids is 4. The number of nitrogen functional groups attached to an aromatic ring is 1. The van der Waals surface area contributed by atoms with Crippen molar-refractivity contribution in [3.05, 3.63) is 77.9 Å². The highest BCUT2D eigenvalue weighted by Gasteiger charge is 2.33. The molecule has 1 heterocycles. The molecule has 6 N–H and O–H groups in total. The molecule has 53 heavy (non-hydrogen) atoms. The monoisotopic (exact) mass is 740 g/mol. The predicted octanol–water partition coefficient (Wildman–Crippen LogP) is 6.13. The number of alkyl halides is 3. The van der Waals surface area contributed by atoms with Crippen LogP contribution in [-0.4, -0.2) is 77.5 Å². The van der Waals surface area contributed by atoms with Gasteiger partial charge in [-0.3, -0.25) is 14.4 Å². The first-order valence-corrected chi connectivity index (χ1v) is 17.5. The summed E-state index contributed by atoms with van der Waals surface area (Å²) in [5, 5.41) is 18.2. The number of amides is 5. The summed E-state index contributed by atoms with van der Waals surface area (Å²) in [6.07, 6.45) is -2.87. The van der Waals surface area contributed by atoms with E-state index in [0.717, 1.165) is 12.1 Å². The zero-order valence-corrected chi connectivity index (χ0v) is 30.0. The lowest BCUT2D eigenvalue weighted by molar-refractivity contribution is -0.137. The summed E-state index contributed by atoms with van der Waals surface area (Å²) in [5.41, 5.74) is 7.23. The quantitative estimate of drug-likeness (QED) is 0.104. The highest BCUT2D eigenvalue weighted by molar-refractivity contribution is 5.94. The number of ether oxygens (including phenoxy) is 1. The van der Waals surface area contributed by atoms with Gasteiger partial charge in [-0.25, -0.2) is 4.79 Å². The largest absolute Gasteiger partial charge is 0.488 e. The lowest BCUT2D eigenvalue weighted by Gasteiger charge is -2.34. The number of benzene rings is 3. The maximum absolute atomic E-state index is 13.6. The van der Waals surface area contributed by atoms with E-state index in [2.05, 4.69) is 16.0 Å². The lowest BCUT2D eigenvalue weighted by atomic mass is 10.0. The average molecular weight is 741 g/mol. The summed E-state index contributed by atoms with van der Waals surface area (Å²) < 4.78 is 45.4. The summed E-state index contributed by atoms with van der Waals surface area (Å²) in [6, 6.07) is 15.0. The molecule has 0 bridgehead atoms. The van der Waals surface area contributed by atoms with Crippen molar-refractivity contribution in [2.45, 2.75) is 70.7 Å². The van der Waals surface area contributed by atoms with E-state index in [0.29, 0.717) is 54.1 Å². The first-order valence-electron chi connectivity index (χ1n) is 17.5. The number of fused-ring (bicyclic) bond motifs is 1. The third kappa shape index (κ3) is 11.9. The molecular formula is C38H47F3N6O6. The van der Waals surface area contributed by atoms with Gasteiger partial charge in [-0.2, -0.15) is 13.2 Å². The van der Waals surface area contributed by atoms with Crippen LogP contribution in [0.15, 0.2) is 66.7 Å². The number of unbranched alkanes of at least 4 members (excludes halogenated alkanes) is 2. The Morgan fingerprint density at radius 3 is 2.25 bits per heavy atom. The van der Waals surface area contributed by atoms with Crippen LogP contribution in [0, 0.1) is 5.92 Å². The molecule has 0 saturated heterocycles. The maximum Gasteiger partial charge on any atom is 0.416 e. The summed E-state index contributed by atoms with van der Waals surface area (Å²) in [5.74, 6) is -0.567. The number of hydrogen-bond acceptors (Lipinski definition) is 7. The molecule has 0 spiro atoms. The number of carbonyl (C=O) groups is 4. The van der Waals surface area contributed by atoms with Crippen molar-refractivity contribution in [1.29, 1.82) is 0 Å². The van der Waals surface area contributed by atoms with Crippen LogP contribution in [0.4, 0.5) is 40.7 Å². The molecule has 0 saturated carbocycles. The van der Waals surface area contributed by atoms with Crippen LogP contribution in [-0.2, 0) is 27.0 Å². The smallest absolute Gasteiger partial charge is 0.416 e. The third-order valence-corrected chi connectivity index (χ3v) is 9.01. The molecular weight excluding hydrogens is 693 g/mol. The molecule has 3 aromatic rings. The Kier molecular flexibility index (Phi) is 14.1. The van der Waals surface area contributed by atoms with Gasteiger partial charge in [0.1, 0.15) is 11.9 Å². The van der Waals surface area contributed by atoms with Crippen LogP contribution in [0.5, 0.6) is 5.75 Å². The van der Waals surface area contributed by atoms with E-state index in [-0.39, 0.29) is 61.9 Å². The van der Waals surface area contributed by atoms with Crippen LogP contribution in [0.3, 0.4) is 0 Å². The maximum atomic E-state index is 13.6. The minimum Gasteiger partial charge on any atom is -0.488 e. The van der Waals surface area contributed by atoms with Crippen LogP contribution < -0.4 is 26.4 Å². The molecule has 0 fully saturated rings. The number of aliphatic hydroxyl groups is 1. The predicted molar refractivity (Wildman–Crippen MR) is 196 cm³/mol. The van der Waals surface area contributed by atoms with Crippen molar-refractivity contribution in [3.8, 4) is 5.75 Å². The fourth-order valence-electron chi connectivity index (χ4n) is 5.83. The number of nitrogens with two attached hydrogens (primary N) is 1. The minimum atomic E-state index is -4.50. The third-order valence-electron chi connectivity index (χ3n) is 9.01. The van der Waals surface area contributed by atoms with Gasteiger partial charge in [-0.15, -0.1) is 0 Å². The Labute approximate surface area is 306 Å². The number of para-hydroxylation sites is 2. The minimum absolute atomic E-state index is 0.0586. The molecule has 5 amide bonds. The number of likely N-dealkylation sites (N-methyl/N-ethyl adjacent to an activating group) is 1. The fraction of sp³-hybridized carbons (Fsp3) is 0.421. The number of halogens is 3. The van der Waals surface area contributed by atoms with Crippen molar-refractivity contribution in [3.63, 3.8) is 0 Å². The Balaban J connectivity index is 1.38. The first-order chi connectivity index (χ1) is 25.1. The van der Waals surface area contributed by atoms with Gasteiger partial charge >= 0.3 is 12.2 Å². The highest BCUT2D eigenvalue weighted by Crippen LogP contribution is 2.31. The number of aliphatic hydroxyl groups excluding tert-OH is 1. The van der Waals surface area contributed by atoms with E-state index in [4.69, 9.17) is 10.5 Å². The Morgan fingerprint density at radius 1 is 0.962 bits per heavy atom. The Bertz CT molecular complexity index is 1740. The molecule has 286 valence electrons. The van der Waals surface area contributed by atoms with Crippen LogP contribution in [0.2, 0.25) is 0 Å². The Hall–Kier alpha value is -5.31. The molecule has 4 rings (SSSR count). The molecule has 1 aliphatic rings. The SMILES string of the molecule is C[C@H](CO)N1C[C@H](C)[C@H](CN(C)C(=O)Nc2ccc(C(F)(F)F)cc2)Oc2ccc(NC(=O)CCCCCC(=O)Nc3ccccc3N)cc2CC1=O. The van der Waals surface area contributed by atoms with E-state index in [1.165, 1.54) is 24.1 Å². The van der Waals surface area contributed by atoms with Gasteiger partial charge < -0.3 is 41.3 Å². The second kappa shape index (κ2) is 18.4. The van der Waals surface area contributed by atoms with Crippen molar-refractivity contribution in [2.24, 2.45) is 5.92 Å². The standard InChI is InChI=1S/C38H47F3N6O6/c1-24-21-47(25(2)23-48)36(51)20-26-19-29(43-34(49)11-5-4-6-12-35(50)45-31-10-8-7-9-30(31)42)17-18-32(26)53-33(24)22-46(3)37(52)44-28-15-13-27(14-16-28)38(39,40)41/h7-10,13-19,24-25,33,48H,4-6,11-12,20-23,42H2,1-3H3,(H,43,49)(H,44,52)(H,45,50)/t24-,25+,33-/m0/s1. The molecule has 15 heteroatoms. The van der Waals surface area contributed by atoms with E-state index < -0.39 is 29.9 Å². The summed E-state index contributed by atoms with van der Waals surface area (Å²) in [7, 11) is 1.52. The van der Waals surface area contributed by atoms with Gasteiger partial charge in [0.25, 0.3) is 0 Å². The van der Waals surface area contributed by atoms with E-state index in [1.807, 2.05) is 6.92 Å². The van der Waals surface area contributed by atoms with E-state index in [9.17, 15) is 37.5 Å². The van der Waals surface area contributed by atoms with Crippen molar-refractivity contribution >= 4 is 46.5 Å². The zero-order chi connectivity index (χ0) is 38.7. The average Bonchev–Trinajstić information content (AvgIpc) is 3.15. The molecule has 3 atom stereocenters. The number of anilines is 4. The fourth-order valence-corrected chi connectivity index (χ4v) is 5.83. The zero-order valence-electron chi connectivity index (χ0n) is 30.0. The number of nitrogens with one attached hydrogen (secondary N) is 3. The molecule has 0 radical (unpaired) electrons. The van der Waals surface area contributed by atoms with E-state index >= 15 is 0 Å². The van der Waals surface area contributed by atoms with Gasteiger partial charge in [-0.1, -0.05) is 25.5 Å². The molecule has 0 aromatic heterocycles. The van der Waals surface area contributed by atoms with Gasteiger partial charge in [0.15, 0.2) is 0 Å². The van der Waals surface area contributed by atoms with Gasteiger partial charge in [0.05, 0.1) is 42.6 Å². The summed E-state index contributed by atoms with van der Waals surface area (Å²) in [4.78, 5) is 54.6. The normalized spacial score (nSPS) is 16.6. The van der Waals surface area contributed by atoms with Crippen molar-refractivity contribution < 1.29 is 42.2 Å². The van der Waals surface area contributed by atoms with Crippen molar-refractivity contribution in [1.82, 2.24) is 9.80 Å². The molecule has 1 aliphatic heterocycles. The second-order valence-electron chi connectivity index (χ2n) is 13.3. The Morgan fingerprint density at radius 2 is 1.60 bits per heavy atom. The number of hydrogen-bond donors (Lipinski definition) is 5. The topological polar surface area (TPSA) is 166 Å². The number of urea groups is 1. The molecule has 12 nitrogen and oxygen atoms in total. The van der Waals surface area contributed by atoms with Crippen molar-refractivity contribution in [2.75, 3.05) is 48.4 Å². The summed E-state index contributed by atoms with van der Waals surface area (Å²) in [6.45, 7) is 3.60. The van der Waals surface area contributed by atoms with E-state index in [1.54, 1.807) is 54.3 Å². The number of rotatable bonds is 13. The van der Waals surface area contributed by atoms with Crippen LogP contribution in [0.1, 0.15) is 57.1 Å². The molecule has 0 aliphatic carbocycles. The second-order valence-corrected chi connectivity index (χ2v) is 13.3. The molecule has 3 aromatic carbocycles. The van der Waals surface area contributed by atoms with Gasteiger partial charge in [-0.05, 0) is 74.4 Å². The highest BCUT2D eigenvalue weighted by atomic mass is 19.4. The van der Waals surface area contributed by atoms with Gasteiger partial charge in [0.2, 0.25) is 17.7 Å². The van der Waals surface area contributed by atoms with Crippen LogP contribution >= 0.6 is 0 Å². The first kappa shape index (κ1) is 40.5. The van der Waals surface area contributed by atoms with Gasteiger partial charge in [0, 0.05) is 49.3 Å². The lowest BCUT2D eigenvalue weighted by Crippen LogP contribution is -2.48. The summed E-state index contributed by atoms with van der Waals surface area (Å²) >= 11 is 0.